The highest BCUT2D eigenvalue weighted by atomic mass is 32.2. The SMILES string of the molecule is C[C@H](Sc1cc(F)ccc1F)C(=O)Nc1ccc(F)cc1. The van der Waals surface area contributed by atoms with Crippen LogP contribution >= 0.6 is 11.8 Å². The zero-order valence-corrected chi connectivity index (χ0v) is 11.9. The summed E-state index contributed by atoms with van der Waals surface area (Å²) >= 11 is 0.914. The molecular weight excluding hydrogens is 299 g/mol. The van der Waals surface area contributed by atoms with Gasteiger partial charge in [-0.3, -0.25) is 4.79 Å². The van der Waals surface area contributed by atoms with Crippen molar-refractivity contribution in [1.29, 1.82) is 0 Å². The molecule has 2 rings (SSSR count). The maximum Gasteiger partial charge on any atom is 0.237 e. The van der Waals surface area contributed by atoms with Gasteiger partial charge in [-0.05, 0) is 49.4 Å². The minimum absolute atomic E-state index is 0.0664. The lowest BCUT2D eigenvalue weighted by atomic mass is 10.3. The molecule has 0 saturated carbocycles. The molecule has 21 heavy (non-hydrogen) atoms. The molecule has 0 fully saturated rings. The minimum atomic E-state index is -0.633. The summed E-state index contributed by atoms with van der Waals surface area (Å²) in [4.78, 5) is 12.0. The van der Waals surface area contributed by atoms with Crippen molar-refractivity contribution in [2.75, 3.05) is 5.32 Å². The van der Waals surface area contributed by atoms with Crippen LogP contribution in [0.1, 0.15) is 6.92 Å². The van der Waals surface area contributed by atoms with Crippen molar-refractivity contribution in [3.8, 4) is 0 Å². The molecule has 2 aromatic rings. The summed E-state index contributed by atoms with van der Waals surface area (Å²) < 4.78 is 39.3. The normalized spacial score (nSPS) is 12.0. The van der Waals surface area contributed by atoms with Crippen LogP contribution in [0.15, 0.2) is 47.4 Å². The fourth-order valence-corrected chi connectivity index (χ4v) is 2.50. The van der Waals surface area contributed by atoms with Crippen LogP contribution in [0.2, 0.25) is 0 Å². The van der Waals surface area contributed by atoms with E-state index in [1.165, 1.54) is 24.3 Å². The zero-order valence-electron chi connectivity index (χ0n) is 11.1. The summed E-state index contributed by atoms with van der Waals surface area (Å²) in [6, 6.07) is 8.37. The highest BCUT2D eigenvalue weighted by Crippen LogP contribution is 2.27. The van der Waals surface area contributed by atoms with Gasteiger partial charge in [0.15, 0.2) is 0 Å². The number of nitrogens with one attached hydrogen (secondary N) is 1. The fourth-order valence-electron chi connectivity index (χ4n) is 1.59. The van der Waals surface area contributed by atoms with Crippen LogP contribution in [-0.2, 0) is 4.79 Å². The number of carbonyl (C=O) groups excluding carboxylic acids is 1. The van der Waals surface area contributed by atoms with Crippen LogP contribution in [0.5, 0.6) is 0 Å². The van der Waals surface area contributed by atoms with E-state index in [4.69, 9.17) is 0 Å². The van der Waals surface area contributed by atoms with Crippen molar-refractivity contribution in [2.45, 2.75) is 17.1 Å². The summed E-state index contributed by atoms with van der Waals surface area (Å²) in [7, 11) is 0. The summed E-state index contributed by atoms with van der Waals surface area (Å²) in [5.41, 5.74) is 0.438. The average molecular weight is 311 g/mol. The molecule has 0 unspecified atom stereocenters. The number of halogens is 3. The lowest BCUT2D eigenvalue weighted by Crippen LogP contribution is -2.22. The molecule has 1 atom stereocenters. The molecule has 0 spiro atoms. The lowest BCUT2D eigenvalue weighted by Gasteiger charge is -2.12. The van der Waals surface area contributed by atoms with Gasteiger partial charge in [0, 0.05) is 10.6 Å². The second-order valence-electron chi connectivity index (χ2n) is 4.33. The van der Waals surface area contributed by atoms with Crippen molar-refractivity contribution < 1.29 is 18.0 Å². The summed E-state index contributed by atoms with van der Waals surface area (Å²) in [6.45, 7) is 1.58. The topological polar surface area (TPSA) is 29.1 Å². The Labute approximate surface area is 124 Å². The van der Waals surface area contributed by atoms with E-state index in [0.717, 1.165) is 30.0 Å². The Morgan fingerprint density at radius 3 is 2.33 bits per heavy atom. The predicted molar refractivity (Wildman–Crippen MR) is 76.7 cm³/mol. The molecule has 0 saturated heterocycles. The van der Waals surface area contributed by atoms with Crippen molar-refractivity contribution in [3.05, 3.63) is 59.9 Å². The molecule has 0 aliphatic carbocycles. The average Bonchev–Trinajstić information content (AvgIpc) is 2.45. The van der Waals surface area contributed by atoms with Crippen LogP contribution in [0.3, 0.4) is 0 Å². The van der Waals surface area contributed by atoms with Gasteiger partial charge in [0.1, 0.15) is 17.5 Å². The predicted octanol–water partition coefficient (Wildman–Crippen LogP) is 4.22. The van der Waals surface area contributed by atoms with Gasteiger partial charge in [0.2, 0.25) is 5.91 Å². The van der Waals surface area contributed by atoms with Crippen LogP contribution in [0, 0.1) is 17.5 Å². The van der Waals surface area contributed by atoms with E-state index in [1.807, 2.05) is 0 Å². The monoisotopic (exact) mass is 311 g/mol. The first-order valence-corrected chi connectivity index (χ1v) is 7.02. The third-order valence-electron chi connectivity index (χ3n) is 2.68. The minimum Gasteiger partial charge on any atom is -0.325 e. The molecule has 6 heteroatoms. The smallest absolute Gasteiger partial charge is 0.237 e. The molecule has 0 aliphatic rings. The van der Waals surface area contributed by atoms with Crippen LogP contribution < -0.4 is 5.32 Å². The largest absolute Gasteiger partial charge is 0.325 e. The molecule has 2 aromatic carbocycles. The van der Waals surface area contributed by atoms with Gasteiger partial charge in [0.05, 0.1) is 5.25 Å². The van der Waals surface area contributed by atoms with E-state index >= 15 is 0 Å². The first-order valence-electron chi connectivity index (χ1n) is 6.14. The maximum atomic E-state index is 13.5. The van der Waals surface area contributed by atoms with E-state index in [9.17, 15) is 18.0 Å². The van der Waals surface area contributed by atoms with Gasteiger partial charge in [-0.2, -0.15) is 0 Å². The Morgan fingerprint density at radius 1 is 1.05 bits per heavy atom. The Kier molecular flexibility index (Phi) is 4.90. The lowest BCUT2D eigenvalue weighted by molar-refractivity contribution is -0.115. The third-order valence-corrected chi connectivity index (χ3v) is 3.81. The number of benzene rings is 2. The summed E-state index contributed by atoms with van der Waals surface area (Å²) in [5.74, 6) is -1.93. The third kappa shape index (κ3) is 4.26. The molecule has 1 N–H and O–H groups in total. The molecule has 0 aliphatic heterocycles. The van der Waals surface area contributed by atoms with Crippen LogP contribution in [0.25, 0.3) is 0 Å². The number of thioether (sulfide) groups is 1. The molecule has 0 bridgehead atoms. The van der Waals surface area contributed by atoms with Gasteiger partial charge in [-0.25, -0.2) is 13.2 Å². The number of amides is 1. The fraction of sp³-hybridized carbons (Fsp3) is 0.133. The Morgan fingerprint density at radius 2 is 1.67 bits per heavy atom. The second kappa shape index (κ2) is 6.67. The van der Waals surface area contributed by atoms with E-state index in [2.05, 4.69) is 5.32 Å². The highest BCUT2D eigenvalue weighted by Gasteiger charge is 2.17. The Balaban J connectivity index is 2.02. The molecule has 0 heterocycles. The van der Waals surface area contributed by atoms with E-state index in [0.29, 0.717) is 5.69 Å². The molecule has 2 nitrogen and oxygen atoms in total. The summed E-state index contributed by atoms with van der Waals surface area (Å²) in [5, 5.41) is 1.95. The van der Waals surface area contributed by atoms with E-state index in [1.54, 1.807) is 6.92 Å². The number of anilines is 1. The van der Waals surface area contributed by atoms with Gasteiger partial charge in [0.25, 0.3) is 0 Å². The van der Waals surface area contributed by atoms with Crippen LogP contribution in [0.4, 0.5) is 18.9 Å². The second-order valence-corrected chi connectivity index (χ2v) is 5.71. The van der Waals surface area contributed by atoms with Gasteiger partial charge in [-0.15, -0.1) is 11.8 Å². The van der Waals surface area contributed by atoms with Gasteiger partial charge >= 0.3 is 0 Å². The van der Waals surface area contributed by atoms with Crippen molar-refractivity contribution in [1.82, 2.24) is 0 Å². The molecule has 1 amide bonds. The van der Waals surface area contributed by atoms with E-state index in [-0.39, 0.29) is 10.8 Å². The Hall–Kier alpha value is -1.95. The van der Waals surface area contributed by atoms with Gasteiger partial charge < -0.3 is 5.32 Å². The number of hydrogen-bond acceptors (Lipinski definition) is 2. The molecular formula is C15H12F3NOS. The summed E-state index contributed by atoms with van der Waals surface area (Å²) in [6.07, 6.45) is 0. The molecule has 110 valence electrons. The first-order chi connectivity index (χ1) is 9.95. The van der Waals surface area contributed by atoms with E-state index < -0.39 is 22.7 Å². The van der Waals surface area contributed by atoms with Crippen molar-refractivity contribution >= 4 is 23.4 Å². The zero-order chi connectivity index (χ0) is 15.4. The van der Waals surface area contributed by atoms with Crippen molar-refractivity contribution in [2.24, 2.45) is 0 Å². The first kappa shape index (κ1) is 15.4. The standard InChI is InChI=1S/C15H12F3NOS/c1-9(21-14-8-11(17)4-7-13(14)18)15(20)19-12-5-2-10(16)3-6-12/h2-9H,1H3,(H,19,20)/t9-/m0/s1. The number of hydrogen-bond donors (Lipinski definition) is 1. The maximum absolute atomic E-state index is 13.5. The van der Waals surface area contributed by atoms with Gasteiger partial charge in [-0.1, -0.05) is 0 Å². The molecule has 0 aromatic heterocycles. The molecule has 0 radical (unpaired) electrons. The quantitative estimate of drug-likeness (QED) is 0.856. The van der Waals surface area contributed by atoms with Crippen LogP contribution in [-0.4, -0.2) is 11.2 Å². The Bertz CT molecular complexity index is 646. The number of rotatable bonds is 4. The van der Waals surface area contributed by atoms with Crippen molar-refractivity contribution in [3.63, 3.8) is 0 Å². The number of carbonyl (C=O) groups is 1. The highest BCUT2D eigenvalue weighted by molar-refractivity contribution is 8.00.